The maximum Gasteiger partial charge on any atom is 0.139 e. The van der Waals surface area contributed by atoms with Gasteiger partial charge in [0.2, 0.25) is 0 Å². The summed E-state index contributed by atoms with van der Waals surface area (Å²) in [6.45, 7) is 6.52. The minimum Gasteiger partial charge on any atom is -0.314 e. The molecule has 3 saturated carbocycles. The Morgan fingerprint density at radius 1 is 1.17 bits per heavy atom. The first-order valence-electron chi connectivity index (χ1n) is 11.6. The Labute approximate surface area is 173 Å². The quantitative estimate of drug-likeness (QED) is 0.554. The number of nitrogens with zero attached hydrogens (tertiary/aromatic N) is 1. The number of nitrogens with one attached hydrogen (secondary N) is 2. The molecule has 0 amide bonds. The molecule has 0 bridgehead atoms. The van der Waals surface area contributed by atoms with Crippen molar-refractivity contribution in [1.29, 1.82) is 0 Å². The molecule has 0 aromatic rings. The molecular formula is C23H35N3O3. The second-order valence-electron chi connectivity index (χ2n) is 10.8. The van der Waals surface area contributed by atoms with Crippen molar-refractivity contribution in [2.45, 2.75) is 77.4 Å². The first-order valence-corrected chi connectivity index (χ1v) is 11.6. The number of hydrogen-bond acceptors (Lipinski definition) is 6. The van der Waals surface area contributed by atoms with Gasteiger partial charge in [0.05, 0.1) is 12.1 Å². The van der Waals surface area contributed by atoms with E-state index in [1.807, 2.05) is 0 Å². The molecule has 2 N–H and O–H groups in total. The molecule has 0 aromatic carbocycles. The molecule has 2 unspecified atom stereocenters. The molecule has 6 heteroatoms. The van der Waals surface area contributed by atoms with E-state index < -0.39 is 0 Å². The number of fused-ring (bicyclic) bond motifs is 5. The predicted molar refractivity (Wildman–Crippen MR) is 111 cm³/mol. The summed E-state index contributed by atoms with van der Waals surface area (Å²) < 4.78 is 0. The van der Waals surface area contributed by atoms with Crippen molar-refractivity contribution in [3.63, 3.8) is 0 Å². The van der Waals surface area contributed by atoms with Gasteiger partial charge in [-0.2, -0.15) is 4.91 Å². The third-order valence-electron chi connectivity index (χ3n) is 9.52. The van der Waals surface area contributed by atoms with Gasteiger partial charge in [0.1, 0.15) is 5.78 Å². The Balaban J connectivity index is 1.37. The lowest BCUT2D eigenvalue weighted by Crippen LogP contribution is -2.57. The highest BCUT2D eigenvalue weighted by Gasteiger charge is 2.62. The number of rotatable bonds is 4. The first kappa shape index (κ1) is 19.7. The molecule has 0 radical (unpaired) electrons. The molecular weight excluding hydrogens is 366 g/mol. The third-order valence-corrected chi connectivity index (χ3v) is 9.52. The van der Waals surface area contributed by atoms with Crippen LogP contribution >= 0.6 is 0 Å². The van der Waals surface area contributed by atoms with Crippen molar-refractivity contribution < 1.29 is 9.63 Å². The van der Waals surface area contributed by atoms with Crippen LogP contribution in [-0.2, 0) is 9.63 Å². The number of carbonyl (C=O) groups is 1. The molecule has 5 rings (SSSR count). The maximum atomic E-state index is 12.6. The number of Topliss-reactive ketones (excluding diaryl/α,β-unsaturated/α-hetero) is 1. The van der Waals surface area contributed by atoms with Crippen LogP contribution in [0.4, 0.5) is 0 Å². The van der Waals surface area contributed by atoms with Crippen LogP contribution in [0, 0.1) is 39.4 Å². The molecule has 1 aliphatic heterocycles. The van der Waals surface area contributed by atoms with Crippen LogP contribution in [0.25, 0.3) is 0 Å². The summed E-state index contributed by atoms with van der Waals surface area (Å²) in [7, 11) is 0. The zero-order valence-electron chi connectivity index (χ0n) is 17.8. The van der Waals surface area contributed by atoms with E-state index in [0.29, 0.717) is 30.0 Å². The molecule has 5 aliphatic rings. The van der Waals surface area contributed by atoms with E-state index in [1.165, 1.54) is 5.70 Å². The molecule has 160 valence electrons. The predicted octanol–water partition coefficient (Wildman–Crippen LogP) is 3.72. The molecule has 0 spiro atoms. The summed E-state index contributed by atoms with van der Waals surface area (Å²) in [5.74, 6) is 1.89. The van der Waals surface area contributed by atoms with E-state index in [2.05, 4.69) is 35.9 Å². The third kappa shape index (κ3) is 3.01. The van der Waals surface area contributed by atoms with Gasteiger partial charge in [0.15, 0.2) is 0 Å². The Morgan fingerprint density at radius 2 is 2.03 bits per heavy atom. The number of ketones is 1. The SMILES string of the molecule is C[C@]12CCC(NO[C@@H]3CCNC3)=CC1CC(N=O)[C@@H]1[C@@H]2CC[C@]2(C)C(=O)CC[C@@H]12. The monoisotopic (exact) mass is 401 g/mol. The van der Waals surface area contributed by atoms with Gasteiger partial charge in [-0.25, -0.2) is 0 Å². The lowest BCUT2D eigenvalue weighted by molar-refractivity contribution is -0.137. The zero-order chi connectivity index (χ0) is 20.2. The molecule has 8 atom stereocenters. The van der Waals surface area contributed by atoms with E-state index in [9.17, 15) is 9.70 Å². The first-order chi connectivity index (χ1) is 14.0. The van der Waals surface area contributed by atoms with Crippen molar-refractivity contribution in [3.05, 3.63) is 16.7 Å². The number of carbonyl (C=O) groups excluding carboxylic acids is 1. The van der Waals surface area contributed by atoms with E-state index in [0.717, 1.165) is 58.0 Å². The Kier molecular flexibility index (Phi) is 4.86. The van der Waals surface area contributed by atoms with Crippen molar-refractivity contribution in [1.82, 2.24) is 10.8 Å². The van der Waals surface area contributed by atoms with Crippen LogP contribution in [0.5, 0.6) is 0 Å². The zero-order valence-corrected chi connectivity index (χ0v) is 17.8. The topological polar surface area (TPSA) is 79.8 Å². The van der Waals surface area contributed by atoms with Gasteiger partial charge in [0.25, 0.3) is 0 Å². The summed E-state index contributed by atoms with van der Waals surface area (Å²) in [5, 5.41) is 6.98. The highest BCUT2D eigenvalue weighted by atomic mass is 16.7. The molecule has 1 heterocycles. The normalized spacial score (nSPS) is 49.0. The summed E-state index contributed by atoms with van der Waals surface area (Å²) >= 11 is 0. The lowest BCUT2D eigenvalue weighted by atomic mass is 9.45. The van der Waals surface area contributed by atoms with Gasteiger partial charge >= 0.3 is 0 Å². The van der Waals surface area contributed by atoms with Crippen LogP contribution in [0.2, 0.25) is 0 Å². The second-order valence-corrected chi connectivity index (χ2v) is 10.8. The van der Waals surface area contributed by atoms with Crippen molar-refractivity contribution in [2.24, 2.45) is 39.7 Å². The maximum absolute atomic E-state index is 12.6. The Hall–Kier alpha value is -1.27. The molecule has 6 nitrogen and oxygen atoms in total. The van der Waals surface area contributed by atoms with Crippen molar-refractivity contribution in [3.8, 4) is 0 Å². The van der Waals surface area contributed by atoms with Crippen LogP contribution in [0.15, 0.2) is 16.9 Å². The Morgan fingerprint density at radius 3 is 2.79 bits per heavy atom. The number of allylic oxidation sites excluding steroid dienone is 2. The van der Waals surface area contributed by atoms with E-state index in [4.69, 9.17) is 4.84 Å². The van der Waals surface area contributed by atoms with Crippen LogP contribution in [0.1, 0.15) is 65.2 Å². The van der Waals surface area contributed by atoms with Gasteiger partial charge in [-0.05, 0) is 80.6 Å². The van der Waals surface area contributed by atoms with E-state index in [-0.39, 0.29) is 28.9 Å². The molecule has 4 aliphatic carbocycles. The Bertz CT molecular complexity index is 718. The van der Waals surface area contributed by atoms with Gasteiger partial charge < -0.3 is 5.32 Å². The van der Waals surface area contributed by atoms with Crippen LogP contribution < -0.4 is 10.8 Å². The fourth-order valence-electron chi connectivity index (χ4n) is 7.68. The van der Waals surface area contributed by atoms with Crippen molar-refractivity contribution in [2.75, 3.05) is 13.1 Å². The molecule has 29 heavy (non-hydrogen) atoms. The lowest BCUT2D eigenvalue weighted by Gasteiger charge is -2.59. The largest absolute Gasteiger partial charge is 0.314 e. The van der Waals surface area contributed by atoms with Crippen LogP contribution in [-0.4, -0.2) is 31.0 Å². The van der Waals surface area contributed by atoms with Gasteiger partial charge in [-0.1, -0.05) is 25.1 Å². The van der Waals surface area contributed by atoms with Crippen molar-refractivity contribution >= 4 is 5.78 Å². The minimum absolute atomic E-state index is 0.163. The van der Waals surface area contributed by atoms with E-state index >= 15 is 0 Å². The highest BCUT2D eigenvalue weighted by molar-refractivity contribution is 5.87. The summed E-state index contributed by atoms with van der Waals surface area (Å²) in [6, 6.07) is -0.163. The summed E-state index contributed by atoms with van der Waals surface area (Å²) in [6.07, 6.45) is 10.2. The minimum atomic E-state index is -0.215. The van der Waals surface area contributed by atoms with Gasteiger partial charge in [-0.15, -0.1) is 0 Å². The second kappa shape index (κ2) is 7.16. The average Bonchev–Trinajstić information content (AvgIpc) is 3.34. The number of hydrogen-bond donors (Lipinski definition) is 2. The summed E-state index contributed by atoms with van der Waals surface area (Å²) in [5.41, 5.74) is 4.38. The fourth-order valence-corrected chi connectivity index (χ4v) is 7.68. The number of hydroxylamine groups is 1. The molecule has 1 saturated heterocycles. The molecule has 4 fully saturated rings. The van der Waals surface area contributed by atoms with E-state index in [1.54, 1.807) is 0 Å². The fraction of sp³-hybridized carbons (Fsp3) is 0.870. The highest BCUT2D eigenvalue weighted by Crippen LogP contribution is 2.65. The van der Waals surface area contributed by atoms with Gasteiger partial charge in [0, 0.05) is 24.1 Å². The van der Waals surface area contributed by atoms with Gasteiger partial charge in [-0.3, -0.25) is 15.1 Å². The standard InChI is InChI=1S/C23H35N3O3/c1-22-8-5-15(26-29-16-7-10-24-13-16)11-14(22)12-19(25-28)21-17-3-4-20(27)23(17,2)9-6-18(21)22/h11,14,16-19,21,24,26H,3-10,12-13H2,1-2H3/t14?,16-,17+,18+,19?,21+,22+,23+/m1/s1. The smallest absolute Gasteiger partial charge is 0.139 e. The van der Waals surface area contributed by atoms with Crippen LogP contribution in [0.3, 0.4) is 0 Å². The number of nitroso groups, excluding NO2 is 1. The average molecular weight is 402 g/mol. The molecule has 0 aromatic heterocycles. The summed E-state index contributed by atoms with van der Waals surface area (Å²) in [4.78, 5) is 30.5.